The quantitative estimate of drug-likeness (QED) is 0.795. The van der Waals surface area contributed by atoms with Crippen molar-refractivity contribution in [3.63, 3.8) is 0 Å². The lowest BCUT2D eigenvalue weighted by atomic mass is 10.2. The van der Waals surface area contributed by atoms with Crippen molar-refractivity contribution in [2.75, 3.05) is 6.54 Å². The molecule has 6 heteroatoms. The third-order valence-corrected chi connectivity index (χ3v) is 3.32. The van der Waals surface area contributed by atoms with E-state index < -0.39 is 5.97 Å². The van der Waals surface area contributed by atoms with E-state index in [-0.39, 0.29) is 12.6 Å². The van der Waals surface area contributed by atoms with Crippen molar-refractivity contribution in [3.8, 4) is 0 Å². The Balaban J connectivity index is 1.99. The zero-order valence-corrected chi connectivity index (χ0v) is 10.8. The molecule has 6 nitrogen and oxygen atoms in total. The van der Waals surface area contributed by atoms with Gasteiger partial charge >= 0.3 is 5.97 Å². The summed E-state index contributed by atoms with van der Waals surface area (Å²) in [6.07, 6.45) is 3.14. The normalized spacial score (nSPS) is 17.1. The van der Waals surface area contributed by atoms with Gasteiger partial charge in [0.15, 0.2) is 5.82 Å². The highest BCUT2D eigenvalue weighted by atomic mass is 16.5. The maximum Gasteiger partial charge on any atom is 0.317 e. The van der Waals surface area contributed by atoms with E-state index in [0.29, 0.717) is 18.4 Å². The van der Waals surface area contributed by atoms with Gasteiger partial charge in [-0.15, -0.1) is 0 Å². The fraction of sp³-hybridized carbons (Fsp3) is 0.750. The van der Waals surface area contributed by atoms with Gasteiger partial charge in [0.1, 0.15) is 0 Å². The van der Waals surface area contributed by atoms with E-state index in [2.05, 4.69) is 10.1 Å². The van der Waals surface area contributed by atoms with Crippen molar-refractivity contribution in [2.24, 2.45) is 0 Å². The highest BCUT2D eigenvalue weighted by Crippen LogP contribution is 2.38. The Hall–Kier alpha value is -1.43. The summed E-state index contributed by atoms with van der Waals surface area (Å²) in [5.41, 5.74) is 0. The topological polar surface area (TPSA) is 79.5 Å². The smallest absolute Gasteiger partial charge is 0.317 e. The van der Waals surface area contributed by atoms with Gasteiger partial charge in [-0.1, -0.05) is 12.1 Å². The van der Waals surface area contributed by atoms with E-state index in [9.17, 15) is 4.79 Å². The zero-order valence-electron chi connectivity index (χ0n) is 10.8. The third-order valence-electron chi connectivity index (χ3n) is 3.32. The maximum absolute atomic E-state index is 10.8. The Kier molecular flexibility index (Phi) is 3.96. The number of rotatable bonds is 7. The van der Waals surface area contributed by atoms with Crippen LogP contribution in [0.15, 0.2) is 4.52 Å². The molecule has 1 atom stereocenters. The summed E-state index contributed by atoms with van der Waals surface area (Å²) in [6, 6.07) is 0.178. The van der Waals surface area contributed by atoms with Crippen LogP contribution in [0, 0.1) is 0 Å². The summed E-state index contributed by atoms with van der Waals surface area (Å²) >= 11 is 0. The van der Waals surface area contributed by atoms with Crippen molar-refractivity contribution < 1.29 is 14.4 Å². The minimum absolute atomic E-state index is 0.00382. The number of aliphatic carboxylic acids is 1. The molecular weight excluding hydrogens is 234 g/mol. The second-order valence-corrected chi connectivity index (χ2v) is 4.88. The van der Waals surface area contributed by atoms with Crippen LogP contribution in [0.5, 0.6) is 0 Å². The van der Waals surface area contributed by atoms with Gasteiger partial charge in [-0.3, -0.25) is 9.69 Å². The second-order valence-electron chi connectivity index (χ2n) is 4.88. The Labute approximate surface area is 106 Å². The lowest BCUT2D eigenvalue weighted by Crippen LogP contribution is -2.36. The van der Waals surface area contributed by atoms with Crippen molar-refractivity contribution in [3.05, 3.63) is 11.7 Å². The standard InChI is InChI=1S/C12H19N3O3/c1-3-8(2)15(7-11(16)17)6-10-13-12(14-18-10)9-4-5-9/h8-9H,3-7H2,1-2H3,(H,16,17). The van der Waals surface area contributed by atoms with Crippen LogP contribution in [0.3, 0.4) is 0 Å². The Morgan fingerprint density at radius 3 is 2.89 bits per heavy atom. The van der Waals surface area contributed by atoms with E-state index in [1.165, 1.54) is 0 Å². The fourth-order valence-electron chi connectivity index (χ4n) is 1.81. The highest BCUT2D eigenvalue weighted by molar-refractivity contribution is 5.69. The van der Waals surface area contributed by atoms with Crippen LogP contribution in [0.1, 0.15) is 50.7 Å². The summed E-state index contributed by atoms with van der Waals surface area (Å²) in [5.74, 6) is 0.902. The summed E-state index contributed by atoms with van der Waals surface area (Å²) < 4.78 is 5.18. The molecular formula is C12H19N3O3. The van der Waals surface area contributed by atoms with Crippen molar-refractivity contribution >= 4 is 5.97 Å². The monoisotopic (exact) mass is 253 g/mol. The summed E-state index contributed by atoms with van der Waals surface area (Å²) in [6.45, 7) is 4.43. The fourth-order valence-corrected chi connectivity index (χ4v) is 1.81. The molecule has 1 fully saturated rings. The number of carboxylic acid groups (broad SMARTS) is 1. The highest BCUT2D eigenvalue weighted by Gasteiger charge is 2.29. The van der Waals surface area contributed by atoms with Gasteiger partial charge in [-0.2, -0.15) is 4.98 Å². The summed E-state index contributed by atoms with van der Waals surface area (Å²) in [5, 5.41) is 12.8. The molecule has 0 bridgehead atoms. The molecule has 0 aromatic carbocycles. The number of hydrogen-bond acceptors (Lipinski definition) is 5. The van der Waals surface area contributed by atoms with Crippen LogP contribution in [0.25, 0.3) is 0 Å². The molecule has 1 N–H and O–H groups in total. The minimum atomic E-state index is -0.836. The van der Waals surface area contributed by atoms with Gasteiger partial charge < -0.3 is 9.63 Å². The van der Waals surface area contributed by atoms with Crippen molar-refractivity contribution in [1.29, 1.82) is 0 Å². The molecule has 1 aliphatic carbocycles. The Morgan fingerprint density at radius 2 is 2.33 bits per heavy atom. The molecule has 1 unspecified atom stereocenters. The predicted octanol–water partition coefficient (Wildman–Crippen LogP) is 1.63. The number of aromatic nitrogens is 2. The zero-order chi connectivity index (χ0) is 13.1. The average molecular weight is 253 g/mol. The molecule has 0 saturated heterocycles. The van der Waals surface area contributed by atoms with Crippen LogP contribution in [-0.2, 0) is 11.3 Å². The number of nitrogens with zero attached hydrogens (tertiary/aromatic N) is 3. The first kappa shape index (κ1) is 13.0. The SMILES string of the molecule is CCC(C)N(CC(=O)O)Cc1nc(C2CC2)no1. The van der Waals surface area contributed by atoms with Gasteiger partial charge in [-0.05, 0) is 26.2 Å². The van der Waals surface area contributed by atoms with Crippen LogP contribution in [0.4, 0.5) is 0 Å². The van der Waals surface area contributed by atoms with Crippen LogP contribution >= 0.6 is 0 Å². The van der Waals surface area contributed by atoms with E-state index in [1.807, 2.05) is 18.7 Å². The van der Waals surface area contributed by atoms with Gasteiger partial charge in [0.05, 0.1) is 13.1 Å². The molecule has 0 radical (unpaired) electrons. The predicted molar refractivity (Wildman–Crippen MR) is 64.1 cm³/mol. The lowest BCUT2D eigenvalue weighted by molar-refractivity contribution is -0.139. The first-order valence-corrected chi connectivity index (χ1v) is 6.38. The molecule has 18 heavy (non-hydrogen) atoms. The largest absolute Gasteiger partial charge is 0.480 e. The van der Waals surface area contributed by atoms with Crippen molar-refractivity contribution in [2.45, 2.75) is 51.6 Å². The Bertz CT molecular complexity index is 414. The molecule has 1 saturated carbocycles. The average Bonchev–Trinajstić information content (AvgIpc) is 3.08. The van der Waals surface area contributed by atoms with E-state index >= 15 is 0 Å². The molecule has 0 aliphatic heterocycles. The van der Waals surface area contributed by atoms with Crippen LogP contribution < -0.4 is 0 Å². The van der Waals surface area contributed by atoms with E-state index in [4.69, 9.17) is 9.63 Å². The number of hydrogen-bond donors (Lipinski definition) is 1. The lowest BCUT2D eigenvalue weighted by Gasteiger charge is -2.24. The van der Waals surface area contributed by atoms with Crippen LogP contribution in [-0.4, -0.2) is 38.7 Å². The maximum atomic E-state index is 10.8. The first-order chi connectivity index (χ1) is 8.60. The summed E-state index contributed by atoms with van der Waals surface area (Å²) in [4.78, 5) is 17.0. The van der Waals surface area contributed by atoms with Gasteiger partial charge in [0, 0.05) is 12.0 Å². The molecule has 1 aromatic heterocycles. The van der Waals surface area contributed by atoms with Crippen molar-refractivity contribution in [1.82, 2.24) is 15.0 Å². The molecule has 1 aliphatic rings. The first-order valence-electron chi connectivity index (χ1n) is 6.38. The Morgan fingerprint density at radius 1 is 1.61 bits per heavy atom. The molecule has 1 heterocycles. The molecule has 0 amide bonds. The van der Waals surface area contributed by atoms with Crippen LogP contribution in [0.2, 0.25) is 0 Å². The van der Waals surface area contributed by atoms with Gasteiger partial charge in [0.2, 0.25) is 5.89 Å². The van der Waals surface area contributed by atoms with E-state index in [1.54, 1.807) is 0 Å². The molecule has 100 valence electrons. The molecule has 2 rings (SSSR count). The van der Waals surface area contributed by atoms with Gasteiger partial charge in [-0.25, -0.2) is 0 Å². The second kappa shape index (κ2) is 5.48. The number of carbonyl (C=O) groups is 1. The van der Waals surface area contributed by atoms with E-state index in [0.717, 1.165) is 25.1 Å². The van der Waals surface area contributed by atoms with Gasteiger partial charge in [0.25, 0.3) is 0 Å². The third kappa shape index (κ3) is 3.29. The summed E-state index contributed by atoms with van der Waals surface area (Å²) in [7, 11) is 0. The number of carboxylic acids is 1. The minimum Gasteiger partial charge on any atom is -0.480 e. The molecule has 1 aromatic rings. The molecule has 0 spiro atoms.